The van der Waals surface area contributed by atoms with Crippen LogP contribution < -0.4 is 11.3 Å². The number of rotatable bonds is 2. The minimum Gasteiger partial charge on any atom is -0.507 e. The maximum Gasteiger partial charge on any atom is 0.294 e. The van der Waals surface area contributed by atoms with E-state index in [-0.39, 0.29) is 10.6 Å². The number of benzene rings is 2. The number of hydrazine groups is 1. The van der Waals surface area contributed by atoms with Gasteiger partial charge in [-0.3, -0.25) is 10.4 Å². The summed E-state index contributed by atoms with van der Waals surface area (Å²) >= 11 is 0. The van der Waals surface area contributed by atoms with Crippen molar-refractivity contribution in [1.29, 1.82) is 0 Å². The number of fused-ring (bicyclic) bond motifs is 1. The highest BCUT2D eigenvalue weighted by Gasteiger charge is 2.13. The van der Waals surface area contributed by atoms with E-state index in [1.807, 2.05) is 0 Å². The number of phenolic OH excluding ortho intramolecular Hbond substituents is 1. The fourth-order valence-electron chi connectivity index (χ4n) is 1.55. The summed E-state index contributed by atoms with van der Waals surface area (Å²) in [7, 11) is -4.33. The number of phenols is 1. The largest absolute Gasteiger partial charge is 0.507 e. The van der Waals surface area contributed by atoms with Crippen LogP contribution in [0.2, 0.25) is 0 Å². The molecule has 0 saturated heterocycles. The third kappa shape index (κ3) is 2.16. The van der Waals surface area contributed by atoms with Gasteiger partial charge in [0.05, 0.1) is 4.90 Å². The second kappa shape index (κ2) is 3.88. The summed E-state index contributed by atoms with van der Waals surface area (Å²) < 4.78 is 30.8. The molecule has 90 valence electrons. The summed E-state index contributed by atoms with van der Waals surface area (Å²) in [5.74, 6) is 4.98. The Morgan fingerprint density at radius 3 is 2.47 bits per heavy atom. The van der Waals surface area contributed by atoms with E-state index >= 15 is 0 Å². The van der Waals surface area contributed by atoms with Crippen LogP contribution >= 0.6 is 0 Å². The van der Waals surface area contributed by atoms with E-state index in [1.165, 1.54) is 6.07 Å². The Labute approximate surface area is 97.4 Å². The van der Waals surface area contributed by atoms with Crippen molar-refractivity contribution in [3.05, 3.63) is 30.3 Å². The lowest BCUT2D eigenvalue weighted by molar-refractivity contribution is 0.471. The molecule has 2 aromatic rings. The van der Waals surface area contributed by atoms with Gasteiger partial charge in [0.2, 0.25) is 0 Å². The normalized spacial score (nSPS) is 11.6. The second-order valence-corrected chi connectivity index (χ2v) is 4.92. The van der Waals surface area contributed by atoms with E-state index in [9.17, 15) is 13.5 Å². The summed E-state index contributed by atoms with van der Waals surface area (Å²) in [6.45, 7) is 0. The van der Waals surface area contributed by atoms with Gasteiger partial charge in [0.25, 0.3) is 10.1 Å². The van der Waals surface area contributed by atoms with Gasteiger partial charge in [-0.25, -0.2) is 0 Å². The van der Waals surface area contributed by atoms with Gasteiger partial charge in [-0.2, -0.15) is 8.42 Å². The Hall–Kier alpha value is -1.83. The summed E-state index contributed by atoms with van der Waals surface area (Å²) in [6, 6.07) is 7.02. The first-order valence-corrected chi connectivity index (χ1v) is 6.07. The quantitative estimate of drug-likeness (QED) is 0.362. The highest BCUT2D eigenvalue weighted by molar-refractivity contribution is 7.85. The van der Waals surface area contributed by atoms with Crippen LogP contribution in [0.5, 0.6) is 5.75 Å². The van der Waals surface area contributed by atoms with E-state index in [1.54, 1.807) is 18.2 Å². The lowest BCUT2D eigenvalue weighted by Crippen LogP contribution is -2.06. The molecule has 0 heterocycles. The van der Waals surface area contributed by atoms with Crippen molar-refractivity contribution in [2.75, 3.05) is 5.43 Å². The summed E-state index contributed by atoms with van der Waals surface area (Å²) in [6.07, 6.45) is 0. The SMILES string of the molecule is NNc1ccc2cc(S(=O)(=O)O)cc(O)c2c1. The molecule has 17 heavy (non-hydrogen) atoms. The first-order valence-electron chi connectivity index (χ1n) is 4.63. The number of anilines is 1. The van der Waals surface area contributed by atoms with Crippen molar-refractivity contribution in [1.82, 2.24) is 0 Å². The molecule has 6 nitrogen and oxygen atoms in total. The number of nitrogens with two attached hydrogens (primary N) is 1. The van der Waals surface area contributed by atoms with Gasteiger partial charge in [-0.05, 0) is 23.6 Å². The van der Waals surface area contributed by atoms with E-state index in [0.29, 0.717) is 16.5 Å². The molecule has 5 N–H and O–H groups in total. The van der Waals surface area contributed by atoms with Crippen LogP contribution in [0.3, 0.4) is 0 Å². The summed E-state index contributed by atoms with van der Waals surface area (Å²) in [4.78, 5) is -0.351. The number of nitrogen functional groups attached to an aromatic ring is 1. The molecular formula is C10H10N2O4S. The highest BCUT2D eigenvalue weighted by atomic mass is 32.2. The second-order valence-electron chi connectivity index (χ2n) is 3.50. The Kier molecular flexibility index (Phi) is 2.66. The fourth-order valence-corrected chi connectivity index (χ4v) is 2.09. The zero-order valence-electron chi connectivity index (χ0n) is 8.58. The molecule has 0 radical (unpaired) electrons. The Bertz CT molecular complexity index is 682. The molecule has 2 rings (SSSR count). The first kappa shape index (κ1) is 11.6. The molecule has 0 atom stereocenters. The van der Waals surface area contributed by atoms with E-state index in [2.05, 4.69) is 5.43 Å². The number of hydrogen-bond donors (Lipinski definition) is 4. The van der Waals surface area contributed by atoms with Crippen LogP contribution in [-0.4, -0.2) is 18.1 Å². The molecular weight excluding hydrogens is 244 g/mol. The molecule has 0 fully saturated rings. The molecule has 0 amide bonds. The lowest BCUT2D eigenvalue weighted by Gasteiger charge is -2.06. The van der Waals surface area contributed by atoms with Crippen molar-refractivity contribution >= 4 is 26.6 Å². The predicted molar refractivity (Wildman–Crippen MR) is 63.2 cm³/mol. The van der Waals surface area contributed by atoms with Gasteiger partial charge in [0, 0.05) is 17.1 Å². The van der Waals surface area contributed by atoms with Crippen LogP contribution in [0.4, 0.5) is 5.69 Å². The average molecular weight is 254 g/mol. The molecule has 0 aromatic heterocycles. The average Bonchev–Trinajstić information content (AvgIpc) is 2.27. The van der Waals surface area contributed by atoms with Crippen molar-refractivity contribution in [2.45, 2.75) is 4.90 Å². The number of nitrogens with one attached hydrogen (secondary N) is 1. The minimum atomic E-state index is -4.33. The molecule has 0 aliphatic rings. The third-order valence-corrected chi connectivity index (χ3v) is 3.20. The molecule has 0 saturated carbocycles. The molecule has 0 aliphatic carbocycles. The minimum absolute atomic E-state index is 0.243. The first-order chi connectivity index (χ1) is 7.91. The van der Waals surface area contributed by atoms with Crippen molar-refractivity contribution in [3.63, 3.8) is 0 Å². The van der Waals surface area contributed by atoms with Gasteiger partial charge in [0.1, 0.15) is 5.75 Å². The smallest absolute Gasteiger partial charge is 0.294 e. The van der Waals surface area contributed by atoms with Crippen LogP contribution in [-0.2, 0) is 10.1 Å². The maximum absolute atomic E-state index is 11.0. The van der Waals surface area contributed by atoms with Gasteiger partial charge in [0.15, 0.2) is 0 Å². The topological polar surface area (TPSA) is 113 Å². The standard InChI is InChI=1S/C10H10N2O4S/c11-12-7-2-1-6-3-8(17(14,15)16)5-10(13)9(6)4-7/h1-5,12-13H,11H2,(H,14,15,16). The Morgan fingerprint density at radius 2 is 1.88 bits per heavy atom. The third-order valence-electron chi connectivity index (χ3n) is 2.37. The van der Waals surface area contributed by atoms with Crippen molar-refractivity contribution < 1.29 is 18.1 Å². The Morgan fingerprint density at radius 1 is 1.18 bits per heavy atom. The van der Waals surface area contributed by atoms with Gasteiger partial charge in [-0.15, -0.1) is 0 Å². The van der Waals surface area contributed by atoms with E-state index < -0.39 is 10.1 Å². The molecule has 2 aromatic carbocycles. The molecule has 0 aliphatic heterocycles. The van der Waals surface area contributed by atoms with Crippen LogP contribution in [0.1, 0.15) is 0 Å². The molecule has 0 unspecified atom stereocenters. The molecule has 7 heteroatoms. The van der Waals surface area contributed by atoms with E-state index in [4.69, 9.17) is 10.4 Å². The van der Waals surface area contributed by atoms with Gasteiger partial charge in [-0.1, -0.05) is 6.07 Å². The lowest BCUT2D eigenvalue weighted by atomic mass is 10.1. The molecule has 0 bridgehead atoms. The monoisotopic (exact) mass is 254 g/mol. The zero-order valence-corrected chi connectivity index (χ0v) is 9.40. The van der Waals surface area contributed by atoms with Crippen LogP contribution in [0.15, 0.2) is 35.2 Å². The fraction of sp³-hybridized carbons (Fsp3) is 0. The van der Waals surface area contributed by atoms with Crippen molar-refractivity contribution in [3.8, 4) is 5.75 Å². The van der Waals surface area contributed by atoms with Crippen LogP contribution in [0.25, 0.3) is 10.8 Å². The Balaban J connectivity index is 2.76. The summed E-state index contributed by atoms with van der Waals surface area (Å²) in [5, 5.41) is 10.6. The predicted octanol–water partition coefficient (Wildman–Crippen LogP) is 1.08. The van der Waals surface area contributed by atoms with Gasteiger partial charge >= 0.3 is 0 Å². The maximum atomic E-state index is 11.0. The number of hydrogen-bond acceptors (Lipinski definition) is 5. The summed E-state index contributed by atoms with van der Waals surface area (Å²) in [5.41, 5.74) is 2.99. The van der Waals surface area contributed by atoms with E-state index in [0.717, 1.165) is 6.07 Å². The number of aromatic hydroxyl groups is 1. The zero-order chi connectivity index (χ0) is 12.6. The highest BCUT2D eigenvalue weighted by Crippen LogP contribution is 2.30. The molecule has 0 spiro atoms. The van der Waals surface area contributed by atoms with Crippen LogP contribution in [0, 0.1) is 0 Å². The van der Waals surface area contributed by atoms with Gasteiger partial charge < -0.3 is 10.5 Å². The van der Waals surface area contributed by atoms with Crippen molar-refractivity contribution in [2.24, 2.45) is 5.84 Å².